The Balaban J connectivity index is 1.27. The van der Waals surface area contributed by atoms with Crippen LogP contribution in [0.25, 0.3) is 22.4 Å². The number of anilines is 2. The quantitative estimate of drug-likeness (QED) is 0.122. The van der Waals surface area contributed by atoms with Gasteiger partial charge in [-0.1, -0.05) is 18.2 Å². The van der Waals surface area contributed by atoms with Gasteiger partial charge in [0.25, 0.3) is 0 Å². The minimum absolute atomic E-state index is 0.0957. The van der Waals surface area contributed by atoms with Crippen LogP contribution in [-0.4, -0.2) is 68.8 Å². The minimum atomic E-state index is -0.982. The van der Waals surface area contributed by atoms with E-state index in [2.05, 4.69) is 30.7 Å². The fourth-order valence-corrected chi connectivity index (χ4v) is 4.64. The molecule has 0 aliphatic carbocycles. The van der Waals surface area contributed by atoms with Crippen molar-refractivity contribution in [2.45, 2.75) is 45.9 Å². The van der Waals surface area contributed by atoms with Crippen LogP contribution in [0.5, 0.6) is 11.5 Å². The summed E-state index contributed by atoms with van der Waals surface area (Å²) in [6.45, 7) is 5.87. The maximum absolute atomic E-state index is 15.3. The van der Waals surface area contributed by atoms with Gasteiger partial charge in [0.15, 0.2) is 17.4 Å². The van der Waals surface area contributed by atoms with Crippen molar-refractivity contribution in [3.8, 4) is 23.0 Å². The van der Waals surface area contributed by atoms with Crippen LogP contribution in [0.4, 0.5) is 25.1 Å². The summed E-state index contributed by atoms with van der Waals surface area (Å²) in [7, 11) is 1.50. The van der Waals surface area contributed by atoms with Gasteiger partial charge in [-0.15, -0.1) is 0 Å². The van der Waals surface area contributed by atoms with E-state index in [9.17, 15) is 9.59 Å². The lowest BCUT2D eigenvalue weighted by Gasteiger charge is -2.21. The third-order valence-corrected chi connectivity index (χ3v) is 6.89. The van der Waals surface area contributed by atoms with Crippen molar-refractivity contribution in [3.63, 3.8) is 0 Å². The molecule has 0 radical (unpaired) electrons. The number of hydrogen-bond acceptors (Lipinski definition) is 11. The van der Waals surface area contributed by atoms with E-state index >= 15 is 8.78 Å². The molecule has 5 rings (SSSR count). The second kappa shape index (κ2) is 14.9. The summed E-state index contributed by atoms with van der Waals surface area (Å²) in [5, 5.41) is 10.9. The van der Waals surface area contributed by atoms with E-state index in [0.29, 0.717) is 28.2 Å². The summed E-state index contributed by atoms with van der Waals surface area (Å²) in [5.41, 5.74) is 0.775. The number of alkyl carbamates (subject to hydrolysis) is 1. The van der Waals surface area contributed by atoms with E-state index in [-0.39, 0.29) is 36.9 Å². The van der Waals surface area contributed by atoms with Crippen LogP contribution in [0.1, 0.15) is 33.3 Å². The van der Waals surface area contributed by atoms with Gasteiger partial charge in [0.1, 0.15) is 47.9 Å². The van der Waals surface area contributed by atoms with Gasteiger partial charge >= 0.3 is 12.1 Å². The molecular weight excluding hydrogens is 640 g/mol. The van der Waals surface area contributed by atoms with E-state index in [4.69, 9.17) is 18.9 Å². The van der Waals surface area contributed by atoms with Gasteiger partial charge in [0.2, 0.25) is 0 Å². The maximum Gasteiger partial charge on any atom is 0.408 e. The highest BCUT2D eigenvalue weighted by Crippen LogP contribution is 2.31. The first-order valence-corrected chi connectivity index (χ1v) is 15.2. The summed E-state index contributed by atoms with van der Waals surface area (Å²) < 4.78 is 53.1. The number of esters is 1. The van der Waals surface area contributed by atoms with E-state index < -0.39 is 35.3 Å². The summed E-state index contributed by atoms with van der Waals surface area (Å²) in [6.07, 6.45) is 4.02. The molecule has 5 aromatic rings. The van der Waals surface area contributed by atoms with E-state index in [1.807, 2.05) is 12.1 Å². The predicted octanol–water partition coefficient (Wildman–Crippen LogP) is 5.80. The Labute approximate surface area is 280 Å². The normalized spacial score (nSPS) is 11.9. The van der Waals surface area contributed by atoms with Gasteiger partial charge in [-0.05, 0) is 45.9 Å². The van der Waals surface area contributed by atoms with Gasteiger partial charge < -0.3 is 29.6 Å². The highest BCUT2D eigenvalue weighted by atomic mass is 19.1. The van der Waals surface area contributed by atoms with E-state index in [1.54, 1.807) is 57.4 Å². The fraction of sp³-hybridized carbons (Fsp3) is 0.294. The number of halogens is 2. The molecular formula is C34H35F2N7O6. The molecule has 1 amide bonds. The van der Waals surface area contributed by atoms with Crippen LogP contribution in [0.3, 0.4) is 0 Å². The van der Waals surface area contributed by atoms with Crippen molar-refractivity contribution in [2.75, 3.05) is 25.6 Å². The highest BCUT2D eigenvalue weighted by Gasteiger charge is 2.23. The number of carbonyl (C=O) groups excluding carboxylic acids is 2. The van der Waals surface area contributed by atoms with Crippen LogP contribution < -0.4 is 20.1 Å². The van der Waals surface area contributed by atoms with Crippen LogP contribution in [0.15, 0.2) is 67.1 Å². The Morgan fingerprint density at radius 2 is 1.73 bits per heavy atom. The zero-order valence-electron chi connectivity index (χ0n) is 27.5. The Bertz CT molecular complexity index is 1930. The Morgan fingerprint density at radius 3 is 2.43 bits per heavy atom. The van der Waals surface area contributed by atoms with Crippen LogP contribution in [0, 0.1) is 11.6 Å². The van der Waals surface area contributed by atoms with Gasteiger partial charge in [-0.2, -0.15) is 5.10 Å². The van der Waals surface area contributed by atoms with Crippen molar-refractivity contribution in [1.29, 1.82) is 0 Å². The first kappa shape index (κ1) is 34.5. The molecule has 0 aliphatic rings. The molecule has 49 heavy (non-hydrogen) atoms. The number of nitrogens with one attached hydrogen (secondary N) is 2. The molecule has 0 saturated heterocycles. The molecule has 2 aromatic carbocycles. The molecule has 0 saturated carbocycles. The molecule has 0 spiro atoms. The largest absolute Gasteiger partial charge is 0.491 e. The molecule has 1 atom stereocenters. The standard InChI is InChI=1S/C34H35F2N7O6/c1-20(39-33(45)49-34(2,3)4)32(44)48-15-14-47-22-16-25(35)24(26(36)17-22)19-43-27-9-7-6-8-23(27)29(42-43)31-38-18-28(46-5)30(41-31)40-21-10-12-37-13-11-21/h6-13,16-18,20H,14-15,19H2,1-5H3,(H,39,45)(H,37,38,40,41)/t20-/m0/s1. The number of para-hydroxylation sites is 1. The molecule has 256 valence electrons. The van der Waals surface area contributed by atoms with Gasteiger partial charge in [0.05, 0.1) is 25.4 Å². The number of fused-ring (bicyclic) bond motifs is 1. The lowest BCUT2D eigenvalue weighted by molar-refractivity contribution is -0.146. The SMILES string of the molecule is COc1cnc(-c2nn(Cc3c(F)cc(OCCOC(=O)[C@H](C)NC(=O)OC(C)(C)C)cc3F)c3ccccc23)nc1Nc1ccncc1. The third kappa shape index (κ3) is 8.74. The molecule has 0 bridgehead atoms. The number of nitrogens with zero attached hydrogens (tertiary/aromatic N) is 5. The van der Waals surface area contributed by atoms with Crippen LogP contribution in [-0.2, 0) is 20.8 Å². The number of ether oxygens (including phenoxy) is 4. The first-order valence-electron chi connectivity index (χ1n) is 15.2. The van der Waals surface area contributed by atoms with Crippen molar-refractivity contribution in [2.24, 2.45) is 0 Å². The molecule has 0 unspecified atom stereocenters. The number of amides is 1. The van der Waals surface area contributed by atoms with Crippen molar-refractivity contribution in [3.05, 3.63) is 84.3 Å². The lowest BCUT2D eigenvalue weighted by Crippen LogP contribution is -2.42. The number of carbonyl (C=O) groups is 2. The monoisotopic (exact) mass is 675 g/mol. The smallest absolute Gasteiger partial charge is 0.408 e. The Hall–Kier alpha value is -5.86. The average molecular weight is 676 g/mol. The Morgan fingerprint density at radius 1 is 1.02 bits per heavy atom. The molecule has 2 N–H and O–H groups in total. The zero-order chi connectivity index (χ0) is 35.1. The number of methoxy groups -OCH3 is 1. The van der Waals surface area contributed by atoms with Crippen LogP contribution >= 0.6 is 0 Å². The molecule has 0 fully saturated rings. The number of aromatic nitrogens is 5. The molecule has 0 aliphatic heterocycles. The number of rotatable bonds is 12. The minimum Gasteiger partial charge on any atom is -0.491 e. The second-order valence-corrected chi connectivity index (χ2v) is 11.7. The molecule has 3 aromatic heterocycles. The van der Waals surface area contributed by atoms with Crippen molar-refractivity contribution in [1.82, 2.24) is 30.0 Å². The van der Waals surface area contributed by atoms with E-state index in [0.717, 1.165) is 17.8 Å². The van der Waals surface area contributed by atoms with E-state index in [1.165, 1.54) is 24.9 Å². The zero-order valence-corrected chi connectivity index (χ0v) is 27.5. The van der Waals surface area contributed by atoms with Gasteiger partial charge in [-0.3, -0.25) is 9.67 Å². The third-order valence-electron chi connectivity index (χ3n) is 6.89. The number of hydrogen-bond donors (Lipinski definition) is 2. The summed E-state index contributed by atoms with van der Waals surface area (Å²) in [6, 6.07) is 11.9. The van der Waals surface area contributed by atoms with Crippen molar-refractivity contribution < 1.29 is 37.3 Å². The fourth-order valence-electron chi connectivity index (χ4n) is 4.64. The average Bonchev–Trinajstić information content (AvgIpc) is 3.42. The topological polar surface area (TPSA) is 152 Å². The summed E-state index contributed by atoms with van der Waals surface area (Å²) in [5.74, 6) is -1.46. The van der Waals surface area contributed by atoms with Gasteiger partial charge in [0, 0.05) is 41.2 Å². The summed E-state index contributed by atoms with van der Waals surface area (Å²) >= 11 is 0. The molecule has 15 heteroatoms. The highest BCUT2D eigenvalue weighted by molar-refractivity contribution is 5.92. The first-order chi connectivity index (χ1) is 23.4. The Kier molecular flexibility index (Phi) is 10.5. The van der Waals surface area contributed by atoms with Crippen molar-refractivity contribution >= 4 is 34.5 Å². The van der Waals surface area contributed by atoms with Crippen LogP contribution in [0.2, 0.25) is 0 Å². The molecule has 13 nitrogen and oxygen atoms in total. The van der Waals surface area contributed by atoms with Gasteiger partial charge in [-0.25, -0.2) is 28.3 Å². The maximum atomic E-state index is 15.3. The number of pyridine rings is 1. The molecule has 3 heterocycles. The predicted molar refractivity (Wildman–Crippen MR) is 176 cm³/mol. The summed E-state index contributed by atoms with van der Waals surface area (Å²) in [4.78, 5) is 37.2. The number of benzene rings is 2. The lowest BCUT2D eigenvalue weighted by atomic mass is 10.1. The second-order valence-electron chi connectivity index (χ2n) is 11.7.